The highest BCUT2D eigenvalue weighted by molar-refractivity contribution is 6.33. The third kappa shape index (κ3) is 3.70. The molecule has 1 fully saturated rings. The lowest BCUT2D eigenvalue weighted by Gasteiger charge is -2.25. The summed E-state index contributed by atoms with van der Waals surface area (Å²) in [5.74, 6) is -0.996. The summed E-state index contributed by atoms with van der Waals surface area (Å²) in [6.07, 6.45) is 0.334. The molecule has 1 unspecified atom stereocenters. The van der Waals surface area contributed by atoms with Gasteiger partial charge in [-0.25, -0.2) is 4.79 Å². The van der Waals surface area contributed by atoms with Crippen LogP contribution in [0, 0.1) is 6.92 Å². The van der Waals surface area contributed by atoms with E-state index in [2.05, 4.69) is 10.6 Å². The first kappa shape index (κ1) is 20.2. The molecule has 1 aliphatic heterocycles. The van der Waals surface area contributed by atoms with E-state index in [0.717, 1.165) is 10.5 Å². The first-order valence-corrected chi connectivity index (χ1v) is 9.48. The fourth-order valence-corrected chi connectivity index (χ4v) is 3.61. The number of carbonyl (C=O) groups is 3. The summed E-state index contributed by atoms with van der Waals surface area (Å²) in [5, 5.41) is 6.27. The monoisotopic (exact) mass is 419 g/mol. The molecule has 1 aliphatic rings. The molecule has 0 saturated carbocycles. The molecule has 3 rings (SSSR count). The maximum atomic E-state index is 13.1. The van der Waals surface area contributed by atoms with Crippen molar-refractivity contribution in [3.63, 3.8) is 0 Å². The van der Waals surface area contributed by atoms with Crippen molar-refractivity contribution in [1.82, 2.24) is 10.2 Å². The number of halogens is 2. The fraction of sp³-hybridized carbons (Fsp3) is 0.250. The predicted molar refractivity (Wildman–Crippen MR) is 108 cm³/mol. The van der Waals surface area contributed by atoms with Gasteiger partial charge in [-0.2, -0.15) is 0 Å². The van der Waals surface area contributed by atoms with Crippen molar-refractivity contribution in [1.29, 1.82) is 0 Å². The van der Waals surface area contributed by atoms with Crippen LogP contribution in [0.1, 0.15) is 24.5 Å². The number of benzene rings is 2. The van der Waals surface area contributed by atoms with Crippen LogP contribution in [-0.4, -0.2) is 29.3 Å². The first-order valence-electron chi connectivity index (χ1n) is 8.73. The number of hydrogen-bond donors (Lipinski definition) is 2. The zero-order chi connectivity index (χ0) is 20.5. The maximum absolute atomic E-state index is 13.1. The van der Waals surface area contributed by atoms with E-state index in [-0.39, 0.29) is 0 Å². The number of hydrogen-bond acceptors (Lipinski definition) is 3. The van der Waals surface area contributed by atoms with Crippen LogP contribution in [0.2, 0.25) is 10.0 Å². The molecule has 0 bridgehead atoms. The lowest BCUT2D eigenvalue weighted by Crippen LogP contribution is -2.44. The minimum Gasteiger partial charge on any atom is -0.323 e. The number of nitrogens with zero attached hydrogens (tertiary/aromatic N) is 1. The third-order valence-corrected chi connectivity index (χ3v) is 5.31. The van der Waals surface area contributed by atoms with Gasteiger partial charge in [0.25, 0.3) is 5.91 Å². The Kier molecular flexibility index (Phi) is 5.63. The van der Waals surface area contributed by atoms with Gasteiger partial charge < -0.3 is 10.6 Å². The smallest absolute Gasteiger partial charge is 0.323 e. The number of imide groups is 1. The van der Waals surface area contributed by atoms with Gasteiger partial charge in [-0.3, -0.25) is 14.5 Å². The molecule has 2 aromatic rings. The van der Waals surface area contributed by atoms with Gasteiger partial charge in [-0.05, 0) is 48.7 Å². The highest BCUT2D eigenvalue weighted by Gasteiger charge is 2.51. The molecule has 146 valence electrons. The molecule has 8 heteroatoms. The molecule has 0 aliphatic carbocycles. The molecule has 1 saturated heterocycles. The Balaban J connectivity index is 1.79. The maximum Gasteiger partial charge on any atom is 0.325 e. The molecule has 1 heterocycles. The Hall–Kier alpha value is -2.57. The lowest BCUT2D eigenvalue weighted by molar-refractivity contribution is -0.134. The number of nitrogens with one attached hydrogen (secondary N) is 2. The Labute approximate surface area is 172 Å². The van der Waals surface area contributed by atoms with Crippen LogP contribution >= 0.6 is 23.2 Å². The van der Waals surface area contributed by atoms with Crippen LogP contribution in [0.4, 0.5) is 10.5 Å². The molecule has 4 amide bonds. The predicted octanol–water partition coefficient (Wildman–Crippen LogP) is 4.10. The minimum atomic E-state index is -1.22. The molecule has 0 radical (unpaired) electrons. The SMILES string of the molecule is CCC1(c2ccc(Cl)cc2)NC(=O)N(CC(=O)Nc2ccc(C)cc2Cl)C1=O. The van der Waals surface area contributed by atoms with Crippen LogP contribution in [0.5, 0.6) is 0 Å². The van der Waals surface area contributed by atoms with Crippen molar-refractivity contribution in [3.05, 3.63) is 63.6 Å². The quantitative estimate of drug-likeness (QED) is 0.715. The topological polar surface area (TPSA) is 78.5 Å². The zero-order valence-electron chi connectivity index (χ0n) is 15.4. The van der Waals surface area contributed by atoms with Gasteiger partial charge in [-0.15, -0.1) is 0 Å². The molecule has 0 spiro atoms. The second-order valence-corrected chi connectivity index (χ2v) is 7.46. The van der Waals surface area contributed by atoms with E-state index in [9.17, 15) is 14.4 Å². The Morgan fingerprint density at radius 2 is 1.82 bits per heavy atom. The van der Waals surface area contributed by atoms with Gasteiger partial charge in [0.05, 0.1) is 10.7 Å². The minimum absolute atomic E-state index is 0.334. The number of urea groups is 1. The van der Waals surface area contributed by atoms with E-state index >= 15 is 0 Å². The molecule has 28 heavy (non-hydrogen) atoms. The average Bonchev–Trinajstić information content (AvgIpc) is 2.90. The van der Waals surface area contributed by atoms with E-state index in [0.29, 0.717) is 27.7 Å². The van der Waals surface area contributed by atoms with Gasteiger partial charge in [0.2, 0.25) is 5.91 Å². The molecular formula is C20H19Cl2N3O3. The average molecular weight is 420 g/mol. The molecule has 1 atom stereocenters. The largest absolute Gasteiger partial charge is 0.325 e. The summed E-state index contributed by atoms with van der Waals surface area (Å²) >= 11 is 12.0. The van der Waals surface area contributed by atoms with E-state index in [4.69, 9.17) is 23.2 Å². The number of aryl methyl sites for hydroxylation is 1. The van der Waals surface area contributed by atoms with Crippen LogP contribution in [-0.2, 0) is 15.1 Å². The number of rotatable bonds is 5. The highest BCUT2D eigenvalue weighted by atomic mass is 35.5. The van der Waals surface area contributed by atoms with Gasteiger partial charge >= 0.3 is 6.03 Å². The van der Waals surface area contributed by atoms with Crippen molar-refractivity contribution in [2.75, 3.05) is 11.9 Å². The third-order valence-electron chi connectivity index (χ3n) is 4.74. The van der Waals surface area contributed by atoms with Crippen LogP contribution in [0.25, 0.3) is 0 Å². The molecule has 2 N–H and O–H groups in total. The lowest BCUT2D eigenvalue weighted by atomic mass is 9.87. The van der Waals surface area contributed by atoms with Crippen LogP contribution < -0.4 is 10.6 Å². The summed E-state index contributed by atoms with van der Waals surface area (Å²) in [6.45, 7) is 3.26. The molecular weight excluding hydrogens is 401 g/mol. The summed E-state index contributed by atoms with van der Waals surface area (Å²) in [7, 11) is 0. The molecule has 0 aromatic heterocycles. The zero-order valence-corrected chi connectivity index (χ0v) is 16.9. The van der Waals surface area contributed by atoms with E-state index < -0.39 is 29.9 Å². The normalized spacial score (nSPS) is 18.9. The fourth-order valence-electron chi connectivity index (χ4n) is 3.20. The van der Waals surface area contributed by atoms with Crippen molar-refractivity contribution in [2.24, 2.45) is 0 Å². The Morgan fingerprint density at radius 1 is 1.14 bits per heavy atom. The highest BCUT2D eigenvalue weighted by Crippen LogP contribution is 2.33. The van der Waals surface area contributed by atoms with Crippen LogP contribution in [0.15, 0.2) is 42.5 Å². The van der Waals surface area contributed by atoms with Gasteiger partial charge in [0.1, 0.15) is 12.1 Å². The second-order valence-electron chi connectivity index (χ2n) is 6.62. The summed E-state index contributed by atoms with van der Waals surface area (Å²) in [5.41, 5.74) is 0.766. The number of carbonyl (C=O) groups excluding carboxylic acids is 3. The first-order chi connectivity index (χ1) is 13.3. The number of amides is 4. The van der Waals surface area contributed by atoms with Crippen molar-refractivity contribution in [3.8, 4) is 0 Å². The number of anilines is 1. The summed E-state index contributed by atoms with van der Waals surface area (Å²) < 4.78 is 0. The van der Waals surface area contributed by atoms with Gasteiger partial charge in [0, 0.05) is 5.02 Å². The molecule has 2 aromatic carbocycles. The second kappa shape index (κ2) is 7.81. The van der Waals surface area contributed by atoms with Crippen LogP contribution in [0.3, 0.4) is 0 Å². The van der Waals surface area contributed by atoms with Crippen molar-refractivity contribution >= 4 is 46.7 Å². The van der Waals surface area contributed by atoms with E-state index in [1.54, 1.807) is 49.4 Å². The Morgan fingerprint density at radius 3 is 2.43 bits per heavy atom. The van der Waals surface area contributed by atoms with Gasteiger partial charge in [0.15, 0.2) is 0 Å². The van der Waals surface area contributed by atoms with E-state index in [1.807, 2.05) is 6.92 Å². The summed E-state index contributed by atoms with van der Waals surface area (Å²) in [6, 6.07) is 11.3. The van der Waals surface area contributed by atoms with Crippen molar-refractivity contribution < 1.29 is 14.4 Å². The van der Waals surface area contributed by atoms with Crippen molar-refractivity contribution in [2.45, 2.75) is 25.8 Å². The standard InChI is InChI=1S/C20H19Cl2N3O3/c1-3-20(13-5-7-14(21)8-6-13)18(27)25(19(28)24-20)11-17(26)23-16-9-4-12(2)10-15(16)22/h4-10H,3,11H2,1-2H3,(H,23,26)(H,24,28). The van der Waals surface area contributed by atoms with E-state index in [1.165, 1.54) is 0 Å². The molecule has 6 nitrogen and oxygen atoms in total. The Bertz CT molecular complexity index is 946. The van der Waals surface area contributed by atoms with Gasteiger partial charge in [-0.1, -0.05) is 48.3 Å². The summed E-state index contributed by atoms with van der Waals surface area (Å²) in [4.78, 5) is 38.8.